The smallest absolute Gasteiger partial charge is 0.0585 e. The van der Waals surface area contributed by atoms with Gasteiger partial charge in [0.2, 0.25) is 0 Å². The van der Waals surface area contributed by atoms with Crippen molar-refractivity contribution in [3.63, 3.8) is 0 Å². The zero-order chi connectivity index (χ0) is 11.3. The van der Waals surface area contributed by atoms with E-state index in [9.17, 15) is 0 Å². The van der Waals surface area contributed by atoms with Crippen molar-refractivity contribution in [1.29, 1.82) is 0 Å². The number of hydrogen-bond acceptors (Lipinski definition) is 1. The van der Waals surface area contributed by atoms with Crippen LogP contribution in [-0.4, -0.2) is 11.1 Å². The van der Waals surface area contributed by atoms with Gasteiger partial charge in [-0.05, 0) is 18.5 Å². The summed E-state index contributed by atoms with van der Waals surface area (Å²) in [5.74, 6) is 0.792. The van der Waals surface area contributed by atoms with E-state index in [0.717, 1.165) is 24.0 Å². The van der Waals surface area contributed by atoms with Gasteiger partial charge in [0.05, 0.1) is 5.02 Å². The average molecular weight is 229 g/mol. The van der Waals surface area contributed by atoms with Gasteiger partial charge in [-0.3, -0.25) is 0 Å². The summed E-state index contributed by atoms with van der Waals surface area (Å²) in [7, 11) is 2.03. The first-order valence-electron chi connectivity index (χ1n) is 5.68. The Bertz CT molecular complexity index is 290. The van der Waals surface area contributed by atoms with Gasteiger partial charge in [-0.1, -0.05) is 38.3 Å². The summed E-state index contributed by atoms with van der Waals surface area (Å²) in [4.78, 5) is 0. The molecule has 0 aliphatic rings. The second-order valence-electron chi connectivity index (χ2n) is 4.07. The Labute approximate surface area is 97.6 Å². The number of aryl methyl sites for hydroxylation is 1. The van der Waals surface area contributed by atoms with Crippen molar-refractivity contribution in [2.45, 2.75) is 33.2 Å². The number of hydrogen-bond donors (Lipinski definition) is 1. The summed E-state index contributed by atoms with van der Waals surface area (Å²) < 4.78 is 2.07. The van der Waals surface area contributed by atoms with Gasteiger partial charge in [0, 0.05) is 25.5 Å². The summed E-state index contributed by atoms with van der Waals surface area (Å²) in [6.45, 7) is 6.49. The Kier molecular flexibility index (Phi) is 5.20. The highest BCUT2D eigenvalue weighted by molar-refractivity contribution is 6.30. The van der Waals surface area contributed by atoms with Crippen LogP contribution in [0.1, 0.15) is 32.4 Å². The lowest BCUT2D eigenvalue weighted by atomic mass is 10.0. The van der Waals surface area contributed by atoms with Crippen LogP contribution in [0.2, 0.25) is 5.02 Å². The second-order valence-corrected chi connectivity index (χ2v) is 4.51. The van der Waals surface area contributed by atoms with E-state index < -0.39 is 0 Å². The zero-order valence-corrected chi connectivity index (χ0v) is 10.6. The molecule has 0 aromatic carbocycles. The molecule has 1 aromatic heterocycles. The van der Waals surface area contributed by atoms with E-state index in [4.69, 9.17) is 11.6 Å². The van der Waals surface area contributed by atoms with Crippen LogP contribution in [0.25, 0.3) is 0 Å². The standard InChI is InChI=1S/C12H21ClN2/c1-4-10(5-2)7-14-8-12-6-11(13)9-15(12)3/h6,9-10,14H,4-5,7-8H2,1-3H3. The lowest BCUT2D eigenvalue weighted by molar-refractivity contribution is 0.446. The molecule has 0 unspecified atom stereocenters. The SMILES string of the molecule is CCC(CC)CNCc1cc(Cl)cn1C. The lowest BCUT2D eigenvalue weighted by Gasteiger charge is -2.13. The van der Waals surface area contributed by atoms with Crippen LogP contribution < -0.4 is 5.32 Å². The molecule has 0 radical (unpaired) electrons. The highest BCUT2D eigenvalue weighted by atomic mass is 35.5. The molecule has 15 heavy (non-hydrogen) atoms. The maximum atomic E-state index is 5.91. The summed E-state index contributed by atoms with van der Waals surface area (Å²) >= 11 is 5.91. The van der Waals surface area contributed by atoms with E-state index in [0.29, 0.717) is 0 Å². The third-order valence-corrected chi connectivity index (χ3v) is 3.18. The molecule has 1 rings (SSSR count). The Morgan fingerprint density at radius 2 is 2.07 bits per heavy atom. The van der Waals surface area contributed by atoms with Gasteiger partial charge in [-0.2, -0.15) is 0 Å². The van der Waals surface area contributed by atoms with Crippen LogP contribution in [0.4, 0.5) is 0 Å². The zero-order valence-electron chi connectivity index (χ0n) is 9.89. The van der Waals surface area contributed by atoms with Crippen LogP contribution in [0.3, 0.4) is 0 Å². The molecule has 1 heterocycles. The van der Waals surface area contributed by atoms with E-state index >= 15 is 0 Å². The molecule has 3 heteroatoms. The maximum absolute atomic E-state index is 5.91. The van der Waals surface area contributed by atoms with E-state index in [-0.39, 0.29) is 0 Å². The quantitative estimate of drug-likeness (QED) is 0.791. The molecule has 0 atom stereocenters. The highest BCUT2D eigenvalue weighted by Crippen LogP contribution is 2.12. The fourth-order valence-electron chi connectivity index (χ4n) is 1.72. The minimum atomic E-state index is 0.792. The first-order valence-corrected chi connectivity index (χ1v) is 6.06. The predicted octanol–water partition coefficient (Wildman–Crippen LogP) is 3.20. The van der Waals surface area contributed by atoms with Crippen LogP contribution in [0, 0.1) is 5.92 Å². The Morgan fingerprint density at radius 3 is 2.53 bits per heavy atom. The fourth-order valence-corrected chi connectivity index (χ4v) is 2.00. The van der Waals surface area contributed by atoms with E-state index in [2.05, 4.69) is 23.7 Å². The molecule has 0 aliphatic carbocycles. The molecule has 0 spiro atoms. The molecule has 0 bridgehead atoms. The number of halogens is 1. The Morgan fingerprint density at radius 1 is 1.40 bits per heavy atom. The van der Waals surface area contributed by atoms with Crippen molar-refractivity contribution in [3.8, 4) is 0 Å². The van der Waals surface area contributed by atoms with Gasteiger partial charge in [0.25, 0.3) is 0 Å². The van der Waals surface area contributed by atoms with E-state index in [1.807, 2.05) is 19.3 Å². The summed E-state index contributed by atoms with van der Waals surface area (Å²) in [6, 6.07) is 2.02. The summed E-state index contributed by atoms with van der Waals surface area (Å²) in [5, 5.41) is 4.29. The van der Waals surface area contributed by atoms with Gasteiger partial charge in [0.1, 0.15) is 0 Å². The highest BCUT2D eigenvalue weighted by Gasteiger charge is 2.04. The minimum absolute atomic E-state index is 0.792. The number of nitrogens with one attached hydrogen (secondary N) is 1. The molecule has 0 saturated carbocycles. The number of nitrogens with zero attached hydrogens (tertiary/aromatic N) is 1. The van der Waals surface area contributed by atoms with Crippen LogP contribution >= 0.6 is 11.6 Å². The predicted molar refractivity (Wildman–Crippen MR) is 66.2 cm³/mol. The van der Waals surface area contributed by atoms with Crippen molar-refractivity contribution < 1.29 is 0 Å². The van der Waals surface area contributed by atoms with E-state index in [1.165, 1.54) is 18.5 Å². The number of aromatic nitrogens is 1. The van der Waals surface area contributed by atoms with Gasteiger partial charge in [-0.25, -0.2) is 0 Å². The van der Waals surface area contributed by atoms with Crippen molar-refractivity contribution >= 4 is 11.6 Å². The first-order chi connectivity index (χ1) is 7.17. The normalized spacial score (nSPS) is 11.3. The van der Waals surface area contributed by atoms with Gasteiger partial charge in [-0.15, -0.1) is 0 Å². The van der Waals surface area contributed by atoms with Crippen LogP contribution in [0.5, 0.6) is 0 Å². The van der Waals surface area contributed by atoms with Crippen molar-refractivity contribution in [3.05, 3.63) is 23.0 Å². The molecule has 86 valence electrons. The third kappa shape index (κ3) is 3.88. The molecule has 0 aliphatic heterocycles. The molecule has 0 saturated heterocycles. The van der Waals surface area contributed by atoms with E-state index in [1.54, 1.807) is 0 Å². The van der Waals surface area contributed by atoms with Gasteiger partial charge in [0.15, 0.2) is 0 Å². The average Bonchev–Trinajstić information content (AvgIpc) is 2.52. The molecule has 2 nitrogen and oxygen atoms in total. The largest absolute Gasteiger partial charge is 0.352 e. The Balaban J connectivity index is 2.34. The minimum Gasteiger partial charge on any atom is -0.352 e. The van der Waals surface area contributed by atoms with Crippen molar-refractivity contribution in [1.82, 2.24) is 9.88 Å². The summed E-state index contributed by atoms with van der Waals surface area (Å²) in [5.41, 5.74) is 1.24. The maximum Gasteiger partial charge on any atom is 0.0585 e. The third-order valence-electron chi connectivity index (χ3n) is 2.97. The second kappa shape index (κ2) is 6.19. The molecular formula is C12H21ClN2. The Hall–Kier alpha value is -0.470. The molecule has 1 aromatic rings. The molecule has 1 N–H and O–H groups in total. The van der Waals surface area contributed by atoms with Crippen molar-refractivity contribution in [2.24, 2.45) is 13.0 Å². The summed E-state index contributed by atoms with van der Waals surface area (Å²) in [6.07, 6.45) is 4.43. The van der Waals surface area contributed by atoms with Crippen molar-refractivity contribution in [2.75, 3.05) is 6.54 Å². The number of rotatable bonds is 6. The molecule has 0 fully saturated rings. The topological polar surface area (TPSA) is 17.0 Å². The van der Waals surface area contributed by atoms with Gasteiger partial charge < -0.3 is 9.88 Å². The van der Waals surface area contributed by atoms with Crippen LogP contribution in [0.15, 0.2) is 12.3 Å². The lowest BCUT2D eigenvalue weighted by Crippen LogP contribution is -2.22. The van der Waals surface area contributed by atoms with Crippen LogP contribution in [-0.2, 0) is 13.6 Å². The first kappa shape index (κ1) is 12.6. The molecule has 0 amide bonds. The fraction of sp³-hybridized carbons (Fsp3) is 0.667. The molecular weight excluding hydrogens is 208 g/mol. The van der Waals surface area contributed by atoms with Gasteiger partial charge >= 0.3 is 0 Å². The monoisotopic (exact) mass is 228 g/mol.